The number of fused-ring (bicyclic) bond motifs is 1. The van der Waals surface area contributed by atoms with Crippen molar-refractivity contribution >= 4 is 17.3 Å². The van der Waals surface area contributed by atoms with Crippen LogP contribution in [0.5, 0.6) is 5.75 Å². The highest BCUT2D eigenvalue weighted by molar-refractivity contribution is 6.04. The van der Waals surface area contributed by atoms with Gasteiger partial charge < -0.3 is 15.3 Å². The number of amides is 1. The summed E-state index contributed by atoms with van der Waals surface area (Å²) in [5.41, 5.74) is 6.32. The lowest BCUT2D eigenvalue weighted by Crippen LogP contribution is -2.69. The van der Waals surface area contributed by atoms with E-state index in [-0.39, 0.29) is 11.3 Å². The second kappa shape index (κ2) is 8.61. The van der Waals surface area contributed by atoms with Crippen LogP contribution in [0.4, 0.5) is 11.4 Å². The second-order valence-corrected chi connectivity index (χ2v) is 14.0. The second-order valence-electron chi connectivity index (χ2n) is 14.0. The van der Waals surface area contributed by atoms with E-state index in [4.69, 9.17) is 0 Å². The number of phenolic OH excluding ortho intramolecular Hbond substituents is 1. The SMILES string of the molecule is O=C(Nc1ccc(N2C[C@H]3CC45CCC2C3C42CCN(CC3CC3)C5Cc3ccc(O)cc32)cc1)c1ccccc1. The van der Waals surface area contributed by atoms with Crippen molar-refractivity contribution in [2.24, 2.45) is 23.2 Å². The van der Waals surface area contributed by atoms with Gasteiger partial charge in [-0.3, -0.25) is 9.69 Å². The van der Waals surface area contributed by atoms with E-state index in [0.29, 0.717) is 40.6 Å². The van der Waals surface area contributed by atoms with E-state index in [1.165, 1.54) is 68.4 Å². The zero-order valence-corrected chi connectivity index (χ0v) is 23.6. The van der Waals surface area contributed by atoms with Gasteiger partial charge in [0.1, 0.15) is 5.75 Å². The van der Waals surface area contributed by atoms with Gasteiger partial charge in [0.05, 0.1) is 0 Å². The van der Waals surface area contributed by atoms with Crippen molar-refractivity contribution in [3.8, 4) is 5.75 Å². The van der Waals surface area contributed by atoms with Crippen molar-refractivity contribution in [2.75, 3.05) is 29.9 Å². The molecule has 2 saturated heterocycles. The Morgan fingerprint density at radius 2 is 1.80 bits per heavy atom. The van der Waals surface area contributed by atoms with Crippen LogP contribution in [0, 0.1) is 23.2 Å². The minimum absolute atomic E-state index is 0.0708. The first-order valence-electron chi connectivity index (χ1n) is 15.9. The summed E-state index contributed by atoms with van der Waals surface area (Å²) < 4.78 is 0. The highest BCUT2D eigenvalue weighted by Crippen LogP contribution is 2.75. The lowest BCUT2D eigenvalue weighted by Gasteiger charge is -2.66. The minimum Gasteiger partial charge on any atom is -0.508 e. The molecule has 6 atom stereocenters. The largest absolute Gasteiger partial charge is 0.508 e. The molecule has 2 aliphatic heterocycles. The molecule has 1 amide bonds. The third-order valence-corrected chi connectivity index (χ3v) is 12.3. The molecule has 0 spiro atoms. The summed E-state index contributed by atoms with van der Waals surface area (Å²) in [6.45, 7) is 3.63. The number of piperidine rings is 1. The normalized spacial score (nSPS) is 34.7. The maximum atomic E-state index is 12.7. The number of likely N-dealkylation sites (tertiary alicyclic amines) is 1. The summed E-state index contributed by atoms with van der Waals surface area (Å²) in [5.74, 6) is 2.62. The maximum Gasteiger partial charge on any atom is 0.255 e. The molecule has 3 aromatic carbocycles. The van der Waals surface area contributed by atoms with Crippen molar-refractivity contribution in [1.82, 2.24) is 4.90 Å². The van der Waals surface area contributed by atoms with E-state index < -0.39 is 0 Å². The van der Waals surface area contributed by atoms with Crippen LogP contribution in [0.1, 0.15) is 60.0 Å². The molecular formula is C36H39N3O2. The molecule has 5 nitrogen and oxygen atoms in total. The van der Waals surface area contributed by atoms with Gasteiger partial charge in [-0.2, -0.15) is 0 Å². The number of rotatable bonds is 5. The zero-order valence-electron chi connectivity index (χ0n) is 23.6. The molecule has 3 saturated carbocycles. The van der Waals surface area contributed by atoms with Crippen molar-refractivity contribution in [3.05, 3.63) is 89.5 Å². The molecule has 5 fully saturated rings. The average molecular weight is 546 g/mol. The molecule has 210 valence electrons. The Morgan fingerprint density at radius 1 is 0.976 bits per heavy atom. The summed E-state index contributed by atoms with van der Waals surface area (Å²) in [4.78, 5) is 18.3. The fraction of sp³-hybridized carbons (Fsp3) is 0.472. The minimum atomic E-state index is -0.0708. The molecule has 6 aliphatic rings. The molecule has 5 heteroatoms. The molecule has 5 unspecified atom stereocenters. The molecule has 2 heterocycles. The van der Waals surface area contributed by atoms with Gasteiger partial charge in [0.25, 0.3) is 5.91 Å². The van der Waals surface area contributed by atoms with Crippen LogP contribution in [0.25, 0.3) is 0 Å². The lowest BCUT2D eigenvalue weighted by atomic mass is 9.43. The molecular weight excluding hydrogens is 506 g/mol. The first-order chi connectivity index (χ1) is 20.1. The fourth-order valence-corrected chi connectivity index (χ4v) is 10.8. The number of aromatic hydroxyl groups is 1. The lowest BCUT2D eigenvalue weighted by molar-refractivity contribution is -0.0920. The van der Waals surface area contributed by atoms with Gasteiger partial charge in [-0.1, -0.05) is 24.3 Å². The van der Waals surface area contributed by atoms with Gasteiger partial charge in [-0.05, 0) is 134 Å². The highest BCUT2D eigenvalue weighted by atomic mass is 16.3. The Morgan fingerprint density at radius 3 is 2.61 bits per heavy atom. The predicted octanol–water partition coefficient (Wildman–Crippen LogP) is 6.23. The summed E-state index contributed by atoms with van der Waals surface area (Å²) in [5, 5.41) is 13.8. The van der Waals surface area contributed by atoms with Crippen LogP contribution in [-0.2, 0) is 11.8 Å². The molecule has 41 heavy (non-hydrogen) atoms. The Kier molecular flexibility index (Phi) is 5.10. The fourth-order valence-electron chi connectivity index (χ4n) is 10.8. The number of phenols is 1. The van der Waals surface area contributed by atoms with E-state index in [0.717, 1.165) is 24.6 Å². The molecule has 4 bridgehead atoms. The van der Waals surface area contributed by atoms with Gasteiger partial charge in [-0.15, -0.1) is 0 Å². The van der Waals surface area contributed by atoms with Gasteiger partial charge in [0.15, 0.2) is 0 Å². The summed E-state index contributed by atoms with van der Waals surface area (Å²) in [7, 11) is 0. The van der Waals surface area contributed by atoms with E-state index in [9.17, 15) is 9.90 Å². The average Bonchev–Trinajstić information content (AvgIpc) is 3.69. The summed E-state index contributed by atoms with van der Waals surface area (Å²) in [6, 6.07) is 25.5. The van der Waals surface area contributed by atoms with Crippen molar-refractivity contribution < 1.29 is 9.90 Å². The Balaban J connectivity index is 1.04. The number of carbonyl (C=O) groups excluding carboxylic acids is 1. The van der Waals surface area contributed by atoms with Crippen LogP contribution >= 0.6 is 0 Å². The molecule has 2 N–H and O–H groups in total. The zero-order chi connectivity index (χ0) is 27.3. The van der Waals surface area contributed by atoms with E-state index >= 15 is 0 Å². The number of anilines is 2. The van der Waals surface area contributed by atoms with Crippen LogP contribution < -0.4 is 10.2 Å². The molecule has 0 aromatic heterocycles. The van der Waals surface area contributed by atoms with E-state index in [2.05, 4.69) is 51.5 Å². The van der Waals surface area contributed by atoms with Crippen LogP contribution in [-0.4, -0.2) is 47.6 Å². The Bertz CT molecular complexity index is 1520. The molecule has 3 aromatic rings. The van der Waals surface area contributed by atoms with Crippen molar-refractivity contribution in [1.29, 1.82) is 0 Å². The van der Waals surface area contributed by atoms with Crippen LogP contribution in [0.3, 0.4) is 0 Å². The van der Waals surface area contributed by atoms with Gasteiger partial charge in [0, 0.05) is 47.5 Å². The third kappa shape index (κ3) is 3.36. The highest BCUT2D eigenvalue weighted by Gasteiger charge is 2.76. The van der Waals surface area contributed by atoms with E-state index in [1.54, 1.807) is 0 Å². The monoisotopic (exact) mass is 545 g/mol. The number of hydrogen-bond donors (Lipinski definition) is 2. The topological polar surface area (TPSA) is 55.8 Å². The van der Waals surface area contributed by atoms with Crippen molar-refractivity contribution in [3.63, 3.8) is 0 Å². The standard InChI is InChI=1S/C36H39N3O2/c40-29-13-8-25-18-32-35-15-14-31-33(36(35,30(25)19-29)16-17-38(32)21-23-6-7-23)26(20-35)22-39(31)28-11-9-27(10-12-28)37-34(41)24-4-2-1-3-5-24/h1-5,8-13,19,23,26,31-33,40H,6-7,14-18,20-22H2,(H,37,41)/t26-,31?,32?,33?,35?,36?/m1/s1. The first-order valence-corrected chi connectivity index (χ1v) is 15.9. The van der Waals surface area contributed by atoms with Crippen molar-refractivity contribution in [2.45, 2.75) is 62.4 Å². The smallest absolute Gasteiger partial charge is 0.255 e. The van der Waals surface area contributed by atoms with Gasteiger partial charge in [-0.25, -0.2) is 0 Å². The molecule has 4 aliphatic carbocycles. The number of nitrogens with one attached hydrogen (secondary N) is 1. The summed E-state index contributed by atoms with van der Waals surface area (Å²) >= 11 is 0. The quantitative estimate of drug-likeness (QED) is 0.399. The first kappa shape index (κ1) is 24.3. The maximum absolute atomic E-state index is 12.7. The number of hydrogen-bond acceptors (Lipinski definition) is 4. The molecule has 9 rings (SSSR count). The van der Waals surface area contributed by atoms with Crippen LogP contribution in [0.15, 0.2) is 72.8 Å². The third-order valence-electron chi connectivity index (χ3n) is 12.3. The predicted molar refractivity (Wildman–Crippen MR) is 161 cm³/mol. The Hall–Kier alpha value is -3.31. The Labute approximate surface area is 242 Å². The number of carbonyl (C=O) groups is 1. The van der Waals surface area contributed by atoms with E-state index in [1.807, 2.05) is 36.4 Å². The van der Waals surface area contributed by atoms with Crippen LogP contribution in [0.2, 0.25) is 0 Å². The number of benzene rings is 3. The summed E-state index contributed by atoms with van der Waals surface area (Å²) in [6.07, 6.45) is 9.13. The van der Waals surface area contributed by atoms with Gasteiger partial charge in [0.2, 0.25) is 0 Å². The van der Waals surface area contributed by atoms with Gasteiger partial charge >= 0.3 is 0 Å². The molecule has 0 radical (unpaired) electrons. The number of nitrogens with zero attached hydrogens (tertiary/aromatic N) is 2.